The van der Waals surface area contributed by atoms with Crippen molar-refractivity contribution in [2.24, 2.45) is 0 Å². The van der Waals surface area contributed by atoms with Crippen molar-refractivity contribution in [2.75, 3.05) is 4.90 Å². The molecule has 2 rings (SSSR count). The zero-order valence-corrected chi connectivity index (χ0v) is 8.40. The fraction of sp³-hybridized carbons (Fsp3) is 0.417. The minimum atomic E-state index is 0.391. The third-order valence-electron chi connectivity index (χ3n) is 2.80. The summed E-state index contributed by atoms with van der Waals surface area (Å²) >= 11 is 0. The molecule has 1 aromatic rings. The maximum absolute atomic E-state index is 9.09. The molecule has 0 saturated heterocycles. The number of rotatable bonds is 2. The van der Waals surface area contributed by atoms with Gasteiger partial charge in [-0.2, -0.15) is 5.26 Å². The molecule has 1 aliphatic rings. The number of nitriles is 1. The molecule has 1 heterocycles. The Morgan fingerprint density at radius 3 is 3.00 bits per heavy atom. The molecule has 2 heteroatoms. The average Bonchev–Trinajstić information content (AvgIpc) is 2.55. The Balaban J connectivity index is 2.30. The normalized spacial score (nSPS) is 19.1. The molecule has 0 fully saturated rings. The second-order valence-electron chi connectivity index (χ2n) is 3.75. The maximum atomic E-state index is 9.09. The van der Waals surface area contributed by atoms with E-state index in [1.165, 1.54) is 5.56 Å². The molecule has 1 aliphatic heterocycles. The molecular formula is C12H14N2. The van der Waals surface area contributed by atoms with Crippen molar-refractivity contribution >= 4 is 5.69 Å². The van der Waals surface area contributed by atoms with Gasteiger partial charge in [0.2, 0.25) is 0 Å². The molecule has 0 radical (unpaired) electrons. The van der Waals surface area contributed by atoms with Gasteiger partial charge in [-0.15, -0.1) is 0 Å². The van der Waals surface area contributed by atoms with Gasteiger partial charge in [0.25, 0.3) is 0 Å². The van der Waals surface area contributed by atoms with Crippen molar-refractivity contribution in [3.63, 3.8) is 0 Å². The van der Waals surface area contributed by atoms with E-state index >= 15 is 0 Å². The first kappa shape index (κ1) is 9.08. The first-order chi connectivity index (χ1) is 6.86. The van der Waals surface area contributed by atoms with Crippen LogP contribution in [-0.4, -0.2) is 6.04 Å². The summed E-state index contributed by atoms with van der Waals surface area (Å²) in [6.45, 7) is 2.17. The molecule has 0 spiro atoms. The highest BCUT2D eigenvalue weighted by Crippen LogP contribution is 2.32. The van der Waals surface area contributed by atoms with Gasteiger partial charge in [0.15, 0.2) is 6.19 Å². The molecule has 2 nitrogen and oxygen atoms in total. The van der Waals surface area contributed by atoms with Gasteiger partial charge in [0.05, 0.1) is 5.69 Å². The lowest BCUT2D eigenvalue weighted by atomic mass is 10.1. The minimum absolute atomic E-state index is 0.391. The number of hydrogen-bond acceptors (Lipinski definition) is 2. The first-order valence-electron chi connectivity index (χ1n) is 5.13. The zero-order valence-electron chi connectivity index (χ0n) is 8.40. The summed E-state index contributed by atoms with van der Waals surface area (Å²) in [6.07, 6.45) is 5.55. The Bertz CT molecular complexity index is 365. The van der Waals surface area contributed by atoms with E-state index < -0.39 is 0 Å². The predicted molar refractivity (Wildman–Crippen MR) is 56.9 cm³/mol. The van der Waals surface area contributed by atoms with Crippen LogP contribution in [-0.2, 0) is 6.42 Å². The van der Waals surface area contributed by atoms with Crippen molar-refractivity contribution in [3.8, 4) is 6.19 Å². The van der Waals surface area contributed by atoms with Gasteiger partial charge in [-0.25, -0.2) is 0 Å². The monoisotopic (exact) mass is 186 g/mol. The number of hydrogen-bond donors (Lipinski definition) is 0. The quantitative estimate of drug-likeness (QED) is 0.664. The molecule has 1 aromatic carbocycles. The van der Waals surface area contributed by atoms with E-state index in [2.05, 4.69) is 19.2 Å². The third kappa shape index (κ3) is 1.35. The number of fused-ring (bicyclic) bond motifs is 1. The molecule has 0 bridgehead atoms. The highest BCUT2D eigenvalue weighted by atomic mass is 15.2. The largest absolute Gasteiger partial charge is 0.276 e. The molecule has 0 aromatic heterocycles. The van der Waals surface area contributed by atoms with Gasteiger partial charge >= 0.3 is 0 Å². The predicted octanol–water partition coefficient (Wildman–Crippen LogP) is 2.70. The van der Waals surface area contributed by atoms with Crippen LogP contribution < -0.4 is 4.90 Å². The van der Waals surface area contributed by atoms with Crippen molar-refractivity contribution in [1.82, 2.24) is 0 Å². The number of benzene rings is 1. The van der Waals surface area contributed by atoms with Gasteiger partial charge < -0.3 is 0 Å². The summed E-state index contributed by atoms with van der Waals surface area (Å²) in [4.78, 5) is 1.86. The minimum Gasteiger partial charge on any atom is -0.276 e. The fourth-order valence-corrected chi connectivity index (χ4v) is 2.16. The van der Waals surface area contributed by atoms with Crippen LogP contribution in [0.15, 0.2) is 24.3 Å². The lowest BCUT2D eigenvalue weighted by molar-refractivity contribution is 0.615. The van der Waals surface area contributed by atoms with Crippen LogP contribution >= 0.6 is 0 Å². The van der Waals surface area contributed by atoms with Gasteiger partial charge in [-0.3, -0.25) is 4.90 Å². The molecule has 14 heavy (non-hydrogen) atoms. The number of nitrogens with zero attached hydrogens (tertiary/aromatic N) is 2. The summed E-state index contributed by atoms with van der Waals surface area (Å²) in [6, 6.07) is 8.59. The van der Waals surface area contributed by atoms with E-state index in [-0.39, 0.29) is 0 Å². The summed E-state index contributed by atoms with van der Waals surface area (Å²) in [5.74, 6) is 0. The smallest absolute Gasteiger partial charge is 0.184 e. The standard InChI is InChI=1S/C12H14N2/c1-2-5-11-8-10-6-3-4-7-12(10)14(11)9-13/h3-4,6-7,11H,2,5,8H2,1H3. The van der Waals surface area contributed by atoms with E-state index in [0.717, 1.165) is 24.9 Å². The molecule has 72 valence electrons. The van der Waals surface area contributed by atoms with Crippen molar-refractivity contribution < 1.29 is 0 Å². The maximum Gasteiger partial charge on any atom is 0.184 e. The highest BCUT2D eigenvalue weighted by Gasteiger charge is 2.27. The first-order valence-corrected chi connectivity index (χ1v) is 5.13. The summed E-state index contributed by atoms with van der Waals surface area (Å²) in [5.41, 5.74) is 2.42. The van der Waals surface area contributed by atoms with Crippen molar-refractivity contribution in [2.45, 2.75) is 32.2 Å². The Hall–Kier alpha value is -1.49. The van der Waals surface area contributed by atoms with Crippen LogP contribution in [0, 0.1) is 11.5 Å². The Kier molecular flexibility index (Phi) is 2.41. The summed E-state index contributed by atoms with van der Waals surface area (Å²) in [5, 5.41) is 9.09. The van der Waals surface area contributed by atoms with E-state index in [1.807, 2.05) is 23.1 Å². The van der Waals surface area contributed by atoms with Gasteiger partial charge in [0.1, 0.15) is 0 Å². The second kappa shape index (κ2) is 3.71. The SMILES string of the molecule is CCCC1Cc2ccccc2N1C#N. The fourth-order valence-electron chi connectivity index (χ4n) is 2.16. The van der Waals surface area contributed by atoms with Crippen LogP contribution in [0.5, 0.6) is 0 Å². The van der Waals surface area contributed by atoms with E-state index in [9.17, 15) is 0 Å². The van der Waals surface area contributed by atoms with E-state index in [0.29, 0.717) is 6.04 Å². The van der Waals surface area contributed by atoms with Crippen LogP contribution in [0.25, 0.3) is 0 Å². The Morgan fingerprint density at radius 2 is 2.29 bits per heavy atom. The van der Waals surface area contributed by atoms with Crippen LogP contribution in [0.4, 0.5) is 5.69 Å². The zero-order chi connectivity index (χ0) is 9.97. The van der Waals surface area contributed by atoms with Crippen molar-refractivity contribution in [1.29, 1.82) is 5.26 Å². The molecule has 1 atom stereocenters. The number of para-hydroxylation sites is 1. The van der Waals surface area contributed by atoms with E-state index in [4.69, 9.17) is 5.26 Å². The molecule has 0 saturated carbocycles. The lowest BCUT2D eigenvalue weighted by Gasteiger charge is -2.17. The molecule has 0 N–H and O–H groups in total. The third-order valence-corrected chi connectivity index (χ3v) is 2.80. The van der Waals surface area contributed by atoms with Gasteiger partial charge in [0, 0.05) is 6.04 Å². The van der Waals surface area contributed by atoms with Crippen LogP contribution in [0.3, 0.4) is 0 Å². The number of anilines is 1. The van der Waals surface area contributed by atoms with Crippen LogP contribution in [0.1, 0.15) is 25.3 Å². The molecule has 0 aliphatic carbocycles. The molecule has 0 amide bonds. The van der Waals surface area contributed by atoms with Gasteiger partial charge in [-0.05, 0) is 24.5 Å². The Labute approximate surface area is 84.8 Å². The Morgan fingerprint density at radius 1 is 1.50 bits per heavy atom. The highest BCUT2D eigenvalue weighted by molar-refractivity contribution is 5.62. The molecule has 1 unspecified atom stereocenters. The summed E-state index contributed by atoms with van der Waals surface area (Å²) < 4.78 is 0. The topological polar surface area (TPSA) is 27.0 Å². The second-order valence-corrected chi connectivity index (χ2v) is 3.75. The molecular weight excluding hydrogens is 172 g/mol. The summed E-state index contributed by atoms with van der Waals surface area (Å²) in [7, 11) is 0. The lowest BCUT2D eigenvalue weighted by Crippen LogP contribution is -2.26. The van der Waals surface area contributed by atoms with Gasteiger partial charge in [-0.1, -0.05) is 31.5 Å². The van der Waals surface area contributed by atoms with E-state index in [1.54, 1.807) is 0 Å². The average molecular weight is 186 g/mol. The van der Waals surface area contributed by atoms with Crippen LogP contribution in [0.2, 0.25) is 0 Å². The van der Waals surface area contributed by atoms with Crippen molar-refractivity contribution in [3.05, 3.63) is 29.8 Å².